The van der Waals surface area contributed by atoms with Gasteiger partial charge in [-0.25, -0.2) is 0 Å². The van der Waals surface area contributed by atoms with Crippen LogP contribution in [0.1, 0.15) is 30.5 Å². The van der Waals surface area contributed by atoms with E-state index < -0.39 is 0 Å². The Kier molecular flexibility index (Phi) is 3.48. The van der Waals surface area contributed by atoms with Crippen molar-refractivity contribution in [2.45, 2.75) is 25.8 Å². The third-order valence-electron chi connectivity index (χ3n) is 2.10. The molecule has 0 aromatic heterocycles. The van der Waals surface area contributed by atoms with Crippen molar-refractivity contribution < 1.29 is 0 Å². The Balaban J connectivity index is 2.83. The van der Waals surface area contributed by atoms with Gasteiger partial charge in [0.25, 0.3) is 0 Å². The van der Waals surface area contributed by atoms with Crippen LogP contribution in [0.3, 0.4) is 0 Å². The van der Waals surface area contributed by atoms with Crippen molar-refractivity contribution in [1.29, 1.82) is 5.26 Å². The second-order valence-electron chi connectivity index (χ2n) is 3.07. The molecule has 0 bridgehead atoms. The molecule has 0 saturated carbocycles. The van der Waals surface area contributed by atoms with E-state index in [0.29, 0.717) is 6.42 Å². The molecule has 1 aromatic rings. The fourth-order valence-corrected chi connectivity index (χ4v) is 1.26. The number of nitrogens with zero attached hydrogens (tertiary/aromatic N) is 1. The van der Waals surface area contributed by atoms with Crippen molar-refractivity contribution in [3.05, 3.63) is 35.4 Å². The highest BCUT2D eigenvalue weighted by Crippen LogP contribution is 2.15. The zero-order chi connectivity index (χ0) is 9.68. The van der Waals surface area contributed by atoms with Gasteiger partial charge in [0, 0.05) is 6.04 Å². The van der Waals surface area contributed by atoms with Gasteiger partial charge in [0.2, 0.25) is 0 Å². The molecule has 13 heavy (non-hydrogen) atoms. The minimum absolute atomic E-state index is 0.142. The van der Waals surface area contributed by atoms with Crippen LogP contribution in [0.25, 0.3) is 0 Å². The summed E-state index contributed by atoms with van der Waals surface area (Å²) in [5.41, 5.74) is 8.13. The summed E-state index contributed by atoms with van der Waals surface area (Å²) in [7, 11) is 0. The lowest BCUT2D eigenvalue weighted by atomic mass is 10.0. The number of nitrogens with two attached hydrogens (primary N) is 1. The highest BCUT2D eigenvalue weighted by molar-refractivity contribution is 5.26. The number of rotatable bonds is 3. The van der Waals surface area contributed by atoms with Crippen molar-refractivity contribution in [2.24, 2.45) is 5.73 Å². The van der Waals surface area contributed by atoms with Crippen LogP contribution in [0.5, 0.6) is 0 Å². The number of nitriles is 1. The molecule has 2 nitrogen and oxygen atoms in total. The van der Waals surface area contributed by atoms with Crippen molar-refractivity contribution in [1.82, 2.24) is 0 Å². The molecule has 2 heteroatoms. The van der Waals surface area contributed by atoms with E-state index in [4.69, 9.17) is 11.0 Å². The predicted octanol–water partition coefficient (Wildman–Crippen LogP) is 2.16. The molecule has 0 spiro atoms. The highest BCUT2D eigenvalue weighted by atomic mass is 14.6. The first kappa shape index (κ1) is 9.76. The fraction of sp³-hybridized carbons (Fsp3) is 0.364. The molecule has 0 saturated heterocycles. The highest BCUT2D eigenvalue weighted by Gasteiger charge is 2.04. The van der Waals surface area contributed by atoms with Crippen LogP contribution in [0.15, 0.2) is 24.3 Å². The topological polar surface area (TPSA) is 49.8 Å². The Hall–Kier alpha value is -1.33. The van der Waals surface area contributed by atoms with E-state index in [1.807, 2.05) is 12.1 Å². The van der Waals surface area contributed by atoms with Crippen molar-refractivity contribution in [2.75, 3.05) is 0 Å². The largest absolute Gasteiger partial charge is 0.323 e. The quantitative estimate of drug-likeness (QED) is 0.763. The van der Waals surface area contributed by atoms with E-state index in [1.165, 1.54) is 5.56 Å². The van der Waals surface area contributed by atoms with Gasteiger partial charge in [-0.3, -0.25) is 0 Å². The Labute approximate surface area is 79.0 Å². The van der Waals surface area contributed by atoms with E-state index >= 15 is 0 Å². The average molecular weight is 174 g/mol. The lowest BCUT2D eigenvalue weighted by Gasteiger charge is -2.08. The second-order valence-corrected chi connectivity index (χ2v) is 3.07. The minimum atomic E-state index is -0.142. The molecular formula is C11H14N2. The first-order valence-electron chi connectivity index (χ1n) is 4.49. The normalized spacial score (nSPS) is 12.1. The molecule has 1 atom stereocenters. The first-order chi connectivity index (χ1) is 6.27. The molecule has 1 aromatic carbocycles. The summed E-state index contributed by atoms with van der Waals surface area (Å²) in [5, 5.41) is 8.49. The second kappa shape index (κ2) is 4.64. The zero-order valence-electron chi connectivity index (χ0n) is 7.83. The summed E-state index contributed by atoms with van der Waals surface area (Å²) in [6, 6.07) is 10.0. The van der Waals surface area contributed by atoms with E-state index in [9.17, 15) is 0 Å². The van der Waals surface area contributed by atoms with Gasteiger partial charge < -0.3 is 5.73 Å². The lowest BCUT2D eigenvalue weighted by molar-refractivity contribution is 0.747. The van der Waals surface area contributed by atoms with Crippen LogP contribution >= 0.6 is 0 Å². The number of aryl methyl sites for hydroxylation is 1. The van der Waals surface area contributed by atoms with Crippen molar-refractivity contribution >= 4 is 0 Å². The van der Waals surface area contributed by atoms with Gasteiger partial charge in [0.1, 0.15) is 0 Å². The Bertz CT molecular complexity index is 312. The van der Waals surface area contributed by atoms with Gasteiger partial charge in [0.05, 0.1) is 12.5 Å². The standard InChI is InChI=1S/C11H14N2/c1-2-9-4-3-5-10(8-9)11(13)6-7-12/h3-5,8,11H,2,6,13H2,1H3/t11-/m1/s1. The number of hydrogen-bond donors (Lipinski definition) is 1. The summed E-state index contributed by atoms with van der Waals surface area (Å²) in [5.74, 6) is 0. The monoisotopic (exact) mass is 174 g/mol. The van der Waals surface area contributed by atoms with Gasteiger partial charge in [0.15, 0.2) is 0 Å². The average Bonchev–Trinajstić information content (AvgIpc) is 2.18. The Morgan fingerprint density at radius 3 is 2.92 bits per heavy atom. The molecule has 68 valence electrons. The van der Waals surface area contributed by atoms with Crippen LogP contribution in [-0.4, -0.2) is 0 Å². The van der Waals surface area contributed by atoms with Crippen molar-refractivity contribution in [3.8, 4) is 6.07 Å². The fourth-order valence-electron chi connectivity index (χ4n) is 1.26. The number of hydrogen-bond acceptors (Lipinski definition) is 2. The Morgan fingerprint density at radius 1 is 1.54 bits per heavy atom. The molecule has 0 aliphatic rings. The maximum atomic E-state index is 8.49. The van der Waals surface area contributed by atoms with Crippen LogP contribution in [0.4, 0.5) is 0 Å². The molecular weight excluding hydrogens is 160 g/mol. The maximum Gasteiger partial charge on any atom is 0.0641 e. The van der Waals surface area contributed by atoms with E-state index in [0.717, 1.165) is 12.0 Å². The number of benzene rings is 1. The Morgan fingerprint density at radius 2 is 2.31 bits per heavy atom. The molecule has 0 aliphatic heterocycles. The smallest absolute Gasteiger partial charge is 0.0641 e. The SMILES string of the molecule is CCc1cccc([C@H](N)CC#N)c1. The van der Waals surface area contributed by atoms with Crippen molar-refractivity contribution in [3.63, 3.8) is 0 Å². The summed E-state index contributed by atoms with van der Waals surface area (Å²) in [6.07, 6.45) is 1.39. The van der Waals surface area contributed by atoms with Crippen LogP contribution < -0.4 is 5.73 Å². The van der Waals surface area contributed by atoms with E-state index in [2.05, 4.69) is 25.1 Å². The summed E-state index contributed by atoms with van der Waals surface area (Å²) < 4.78 is 0. The van der Waals surface area contributed by atoms with E-state index in [-0.39, 0.29) is 6.04 Å². The molecule has 0 aliphatic carbocycles. The van der Waals surface area contributed by atoms with Crippen LogP contribution in [0.2, 0.25) is 0 Å². The molecule has 0 unspecified atom stereocenters. The lowest BCUT2D eigenvalue weighted by Crippen LogP contribution is -2.09. The summed E-state index contributed by atoms with van der Waals surface area (Å²) >= 11 is 0. The molecule has 0 amide bonds. The van der Waals surface area contributed by atoms with Gasteiger partial charge in [-0.1, -0.05) is 31.2 Å². The molecule has 0 fully saturated rings. The molecule has 1 rings (SSSR count). The van der Waals surface area contributed by atoms with Gasteiger partial charge >= 0.3 is 0 Å². The van der Waals surface area contributed by atoms with Crippen LogP contribution in [0, 0.1) is 11.3 Å². The van der Waals surface area contributed by atoms with Gasteiger partial charge in [-0.05, 0) is 17.5 Å². The maximum absolute atomic E-state index is 8.49. The summed E-state index contributed by atoms with van der Waals surface area (Å²) in [4.78, 5) is 0. The summed E-state index contributed by atoms with van der Waals surface area (Å²) in [6.45, 7) is 2.11. The van der Waals surface area contributed by atoms with Crippen LogP contribution in [-0.2, 0) is 6.42 Å². The van der Waals surface area contributed by atoms with Gasteiger partial charge in [-0.15, -0.1) is 0 Å². The third-order valence-corrected chi connectivity index (χ3v) is 2.10. The zero-order valence-corrected chi connectivity index (χ0v) is 7.83. The molecule has 0 heterocycles. The molecule has 2 N–H and O–H groups in total. The minimum Gasteiger partial charge on any atom is -0.323 e. The predicted molar refractivity (Wildman–Crippen MR) is 53.0 cm³/mol. The molecule has 0 radical (unpaired) electrons. The third kappa shape index (κ3) is 2.57. The van der Waals surface area contributed by atoms with Gasteiger partial charge in [-0.2, -0.15) is 5.26 Å². The van der Waals surface area contributed by atoms with E-state index in [1.54, 1.807) is 0 Å². The first-order valence-corrected chi connectivity index (χ1v) is 4.49.